The van der Waals surface area contributed by atoms with Gasteiger partial charge < -0.3 is 25.0 Å². The third-order valence-corrected chi connectivity index (χ3v) is 4.13. The van der Waals surface area contributed by atoms with Crippen LogP contribution in [-0.4, -0.2) is 35.7 Å². The minimum atomic E-state index is -0.551. The Morgan fingerprint density at radius 3 is 2.43 bits per heavy atom. The molecule has 1 heterocycles. The van der Waals surface area contributed by atoms with Crippen LogP contribution in [0.1, 0.15) is 18.7 Å². The second-order valence-electron chi connectivity index (χ2n) is 6.42. The van der Waals surface area contributed by atoms with E-state index >= 15 is 0 Å². The fourth-order valence-corrected chi connectivity index (χ4v) is 2.63. The van der Waals surface area contributed by atoms with Gasteiger partial charge in [-0.1, -0.05) is 5.16 Å². The molecule has 0 aliphatic carbocycles. The lowest BCUT2D eigenvalue weighted by Crippen LogP contribution is -2.20. The number of nitrogens with one attached hydrogen (secondary N) is 1. The number of nitrogens with two attached hydrogens (primary N) is 1. The van der Waals surface area contributed by atoms with Gasteiger partial charge in [-0.15, -0.1) is 0 Å². The molecule has 0 unspecified atom stereocenters. The Morgan fingerprint density at radius 2 is 1.77 bits per heavy atom. The van der Waals surface area contributed by atoms with Crippen molar-refractivity contribution in [3.63, 3.8) is 0 Å². The zero-order valence-electron chi connectivity index (χ0n) is 16.5. The van der Waals surface area contributed by atoms with E-state index in [1.807, 2.05) is 24.3 Å². The molecule has 0 bridgehead atoms. The van der Waals surface area contributed by atoms with Gasteiger partial charge in [0.25, 0.3) is 5.91 Å². The number of benzene rings is 2. The van der Waals surface area contributed by atoms with Crippen LogP contribution < -0.4 is 20.5 Å². The first kappa shape index (κ1) is 20.8. The molecule has 0 spiro atoms. The number of hydrogen-bond acceptors (Lipinski definition) is 7. The van der Waals surface area contributed by atoms with Crippen LogP contribution in [0.3, 0.4) is 0 Å². The van der Waals surface area contributed by atoms with Crippen molar-refractivity contribution in [1.82, 2.24) is 10.1 Å². The summed E-state index contributed by atoms with van der Waals surface area (Å²) in [4.78, 5) is 27.2. The Hall–Kier alpha value is -3.88. The lowest BCUT2D eigenvalue weighted by Gasteiger charge is -2.07. The van der Waals surface area contributed by atoms with Crippen molar-refractivity contribution in [3.8, 4) is 22.9 Å². The maximum absolute atomic E-state index is 12.1. The lowest BCUT2D eigenvalue weighted by molar-refractivity contribution is -0.120. The maximum Gasteiger partial charge on any atom is 0.255 e. The number of amides is 2. The number of aromatic nitrogens is 2. The number of primary amides is 1. The molecule has 2 aromatic carbocycles. The normalized spacial score (nSPS) is 10.4. The highest BCUT2D eigenvalue weighted by Gasteiger charge is 2.10. The predicted molar refractivity (Wildman–Crippen MR) is 109 cm³/mol. The molecule has 3 aromatic rings. The van der Waals surface area contributed by atoms with Gasteiger partial charge in [0.1, 0.15) is 11.5 Å². The Morgan fingerprint density at radius 1 is 1.07 bits per heavy atom. The molecular formula is C21H22N4O5. The van der Waals surface area contributed by atoms with Crippen molar-refractivity contribution in [1.29, 1.82) is 0 Å². The number of ether oxygens (including phenoxy) is 2. The number of anilines is 1. The van der Waals surface area contributed by atoms with E-state index in [9.17, 15) is 9.59 Å². The molecular weight excluding hydrogens is 388 g/mol. The summed E-state index contributed by atoms with van der Waals surface area (Å²) in [6, 6.07) is 14.0. The first-order valence-electron chi connectivity index (χ1n) is 9.31. The number of carbonyl (C=O) groups excluding carboxylic acids is 2. The third kappa shape index (κ3) is 6.06. The number of hydrogen-bond donors (Lipinski definition) is 2. The second kappa shape index (κ2) is 10.1. The standard InChI is InChI=1S/C21H22N4O5/c1-28-16-9-5-14(6-10-16)21-24-20(30-25-21)4-2-3-19(27)23-15-7-11-17(12-8-15)29-13-18(22)26/h5-12H,2-4,13H2,1H3,(H2,22,26)(H,23,27). The van der Waals surface area contributed by atoms with Gasteiger partial charge in [0, 0.05) is 24.1 Å². The summed E-state index contributed by atoms with van der Waals surface area (Å²) >= 11 is 0. The van der Waals surface area contributed by atoms with E-state index in [0.29, 0.717) is 42.4 Å². The zero-order chi connectivity index (χ0) is 21.3. The molecule has 30 heavy (non-hydrogen) atoms. The van der Waals surface area contributed by atoms with E-state index in [0.717, 1.165) is 11.3 Å². The summed E-state index contributed by atoms with van der Waals surface area (Å²) in [7, 11) is 1.60. The van der Waals surface area contributed by atoms with Crippen molar-refractivity contribution >= 4 is 17.5 Å². The quantitative estimate of drug-likeness (QED) is 0.525. The van der Waals surface area contributed by atoms with E-state index < -0.39 is 5.91 Å². The molecule has 3 N–H and O–H groups in total. The van der Waals surface area contributed by atoms with Gasteiger partial charge in [0.05, 0.1) is 7.11 Å². The molecule has 0 saturated carbocycles. The molecule has 0 aliphatic rings. The van der Waals surface area contributed by atoms with Crippen LogP contribution in [0.4, 0.5) is 5.69 Å². The fraction of sp³-hybridized carbons (Fsp3) is 0.238. The molecule has 156 valence electrons. The molecule has 1 aromatic heterocycles. The average Bonchev–Trinajstić information content (AvgIpc) is 3.22. The average molecular weight is 410 g/mol. The number of nitrogens with zero attached hydrogens (tertiary/aromatic N) is 2. The first-order valence-corrected chi connectivity index (χ1v) is 9.31. The third-order valence-electron chi connectivity index (χ3n) is 4.13. The van der Waals surface area contributed by atoms with Crippen LogP contribution in [0.15, 0.2) is 53.1 Å². The first-order chi connectivity index (χ1) is 14.5. The summed E-state index contributed by atoms with van der Waals surface area (Å²) in [5.41, 5.74) is 6.48. The molecule has 0 saturated heterocycles. The summed E-state index contributed by atoms with van der Waals surface area (Å²) in [6.45, 7) is -0.193. The van der Waals surface area contributed by atoms with Crippen LogP contribution in [0.2, 0.25) is 0 Å². The summed E-state index contributed by atoms with van der Waals surface area (Å²) < 4.78 is 15.6. The Kier molecular flexibility index (Phi) is 6.99. The van der Waals surface area contributed by atoms with Crippen molar-refractivity contribution in [2.75, 3.05) is 19.0 Å². The molecule has 0 fully saturated rings. The molecule has 9 nitrogen and oxygen atoms in total. The van der Waals surface area contributed by atoms with Crippen LogP contribution >= 0.6 is 0 Å². The van der Waals surface area contributed by atoms with E-state index in [2.05, 4.69) is 15.5 Å². The number of aryl methyl sites for hydroxylation is 1. The largest absolute Gasteiger partial charge is 0.497 e. The van der Waals surface area contributed by atoms with Crippen molar-refractivity contribution < 1.29 is 23.6 Å². The van der Waals surface area contributed by atoms with Crippen LogP contribution in [0, 0.1) is 0 Å². The van der Waals surface area contributed by atoms with Gasteiger partial charge in [0.2, 0.25) is 17.6 Å². The fourth-order valence-electron chi connectivity index (χ4n) is 2.63. The second-order valence-corrected chi connectivity index (χ2v) is 6.42. The minimum absolute atomic E-state index is 0.129. The van der Waals surface area contributed by atoms with Gasteiger partial charge in [0.15, 0.2) is 6.61 Å². The predicted octanol–water partition coefficient (Wildman–Crippen LogP) is 2.57. The topological polar surface area (TPSA) is 130 Å². The zero-order valence-corrected chi connectivity index (χ0v) is 16.5. The molecule has 0 atom stereocenters. The van der Waals surface area contributed by atoms with Crippen molar-refractivity contribution in [3.05, 3.63) is 54.4 Å². The highest BCUT2D eigenvalue weighted by molar-refractivity contribution is 5.90. The lowest BCUT2D eigenvalue weighted by atomic mass is 10.2. The summed E-state index contributed by atoms with van der Waals surface area (Å²) in [5.74, 6) is 1.54. The highest BCUT2D eigenvalue weighted by Crippen LogP contribution is 2.20. The monoisotopic (exact) mass is 410 g/mol. The van der Waals surface area contributed by atoms with E-state index in [-0.39, 0.29) is 12.5 Å². The van der Waals surface area contributed by atoms with E-state index in [1.165, 1.54) is 0 Å². The van der Waals surface area contributed by atoms with Gasteiger partial charge in [-0.05, 0) is 55.0 Å². The maximum atomic E-state index is 12.1. The van der Waals surface area contributed by atoms with Crippen molar-refractivity contribution in [2.45, 2.75) is 19.3 Å². The summed E-state index contributed by atoms with van der Waals surface area (Å²) in [6.07, 6.45) is 1.37. The van der Waals surface area contributed by atoms with E-state index in [4.69, 9.17) is 19.7 Å². The Bertz CT molecular complexity index is 983. The number of methoxy groups -OCH3 is 1. The molecule has 9 heteroatoms. The summed E-state index contributed by atoms with van der Waals surface area (Å²) in [5, 5.41) is 6.77. The van der Waals surface area contributed by atoms with Crippen LogP contribution in [0.25, 0.3) is 11.4 Å². The SMILES string of the molecule is COc1ccc(-c2noc(CCCC(=O)Nc3ccc(OCC(N)=O)cc3)n2)cc1. The Labute approximate surface area is 173 Å². The molecule has 2 amide bonds. The van der Waals surface area contributed by atoms with Gasteiger partial charge in [-0.2, -0.15) is 4.98 Å². The van der Waals surface area contributed by atoms with Crippen molar-refractivity contribution in [2.24, 2.45) is 5.73 Å². The van der Waals surface area contributed by atoms with Gasteiger partial charge >= 0.3 is 0 Å². The van der Waals surface area contributed by atoms with Crippen LogP contribution in [0.5, 0.6) is 11.5 Å². The highest BCUT2D eigenvalue weighted by atomic mass is 16.5. The smallest absolute Gasteiger partial charge is 0.255 e. The van der Waals surface area contributed by atoms with Crippen LogP contribution in [-0.2, 0) is 16.0 Å². The molecule has 0 aliphatic heterocycles. The minimum Gasteiger partial charge on any atom is -0.497 e. The number of carbonyl (C=O) groups is 2. The molecule has 3 rings (SSSR count). The number of rotatable bonds is 10. The van der Waals surface area contributed by atoms with E-state index in [1.54, 1.807) is 31.4 Å². The van der Waals surface area contributed by atoms with Gasteiger partial charge in [-0.25, -0.2) is 0 Å². The Balaban J connectivity index is 1.43. The van der Waals surface area contributed by atoms with Gasteiger partial charge in [-0.3, -0.25) is 9.59 Å². The molecule has 0 radical (unpaired) electrons.